The Bertz CT molecular complexity index is 1130. The average Bonchev–Trinajstić information content (AvgIpc) is 3.54. The fourth-order valence-electron chi connectivity index (χ4n) is 13.3. The van der Waals surface area contributed by atoms with E-state index in [9.17, 15) is 15.0 Å². The van der Waals surface area contributed by atoms with Crippen molar-refractivity contribution in [1.29, 1.82) is 0 Å². The van der Waals surface area contributed by atoms with Crippen LogP contribution < -0.4 is 0 Å². The standard InChI is InChI=1S/C34H53NO7/c1-19-14-21(29(37)38)41-27-26(19)31(4)10-11-34-18-33(34)9-8-24(42-25-15-35(12-13-40-25)20-16-39-17-20)30(2,3)22(33)6-7-23(34)32(31,5)28(27)36/h19-28,36H,6-18H2,1-5H3,(H,37,38)/t19-,21-,22+,23+,24+,25+,26?,27+,28+,31-,32-,33?,34+/m1/s1. The van der Waals surface area contributed by atoms with Crippen molar-refractivity contribution < 1.29 is 34.0 Å². The van der Waals surface area contributed by atoms with E-state index in [1.807, 2.05) is 0 Å². The van der Waals surface area contributed by atoms with Crippen molar-refractivity contribution in [3.05, 3.63) is 0 Å². The largest absolute Gasteiger partial charge is 0.479 e. The van der Waals surface area contributed by atoms with Gasteiger partial charge in [-0.25, -0.2) is 4.79 Å². The molecule has 42 heavy (non-hydrogen) atoms. The summed E-state index contributed by atoms with van der Waals surface area (Å²) in [5.74, 6) is 0.611. The molecule has 0 aromatic heterocycles. The van der Waals surface area contributed by atoms with Crippen LogP contribution in [0.5, 0.6) is 0 Å². The van der Waals surface area contributed by atoms with Gasteiger partial charge in [0, 0.05) is 12.0 Å². The van der Waals surface area contributed by atoms with Crippen molar-refractivity contribution in [2.75, 3.05) is 32.9 Å². The van der Waals surface area contributed by atoms with Crippen LogP contribution in [0.25, 0.3) is 0 Å². The van der Waals surface area contributed by atoms with Gasteiger partial charge in [-0.1, -0.05) is 34.6 Å². The maximum Gasteiger partial charge on any atom is 0.332 e. The number of hydrogen-bond acceptors (Lipinski definition) is 7. The van der Waals surface area contributed by atoms with Crippen molar-refractivity contribution in [2.24, 2.45) is 50.7 Å². The minimum Gasteiger partial charge on any atom is -0.479 e. The summed E-state index contributed by atoms with van der Waals surface area (Å²) in [5.41, 5.74) is 0.361. The first-order valence-corrected chi connectivity index (χ1v) is 17.0. The van der Waals surface area contributed by atoms with Gasteiger partial charge in [0.15, 0.2) is 12.4 Å². The van der Waals surface area contributed by atoms with E-state index >= 15 is 0 Å². The Morgan fingerprint density at radius 2 is 1.74 bits per heavy atom. The van der Waals surface area contributed by atoms with Crippen molar-refractivity contribution >= 4 is 5.97 Å². The van der Waals surface area contributed by atoms with Gasteiger partial charge in [-0.3, -0.25) is 4.90 Å². The second-order valence-electron chi connectivity index (χ2n) is 17.0. The van der Waals surface area contributed by atoms with Gasteiger partial charge in [-0.05, 0) is 96.7 Å². The fourth-order valence-corrected chi connectivity index (χ4v) is 13.3. The number of aliphatic hydroxyl groups is 1. The summed E-state index contributed by atoms with van der Waals surface area (Å²) in [7, 11) is 0. The van der Waals surface area contributed by atoms with Gasteiger partial charge in [0.05, 0.1) is 50.7 Å². The molecule has 0 amide bonds. The second kappa shape index (κ2) is 9.16. The molecule has 2 unspecified atom stereocenters. The molecule has 8 heteroatoms. The van der Waals surface area contributed by atoms with Gasteiger partial charge >= 0.3 is 5.97 Å². The normalized spacial score (nSPS) is 56.7. The van der Waals surface area contributed by atoms with E-state index in [2.05, 4.69) is 39.5 Å². The summed E-state index contributed by atoms with van der Waals surface area (Å²) in [4.78, 5) is 14.4. The van der Waals surface area contributed by atoms with Crippen LogP contribution in [0, 0.1) is 50.7 Å². The first-order chi connectivity index (χ1) is 19.9. The highest BCUT2D eigenvalue weighted by atomic mass is 16.7. The summed E-state index contributed by atoms with van der Waals surface area (Å²) in [6.45, 7) is 16.1. The third-order valence-electron chi connectivity index (χ3n) is 15.5. The molecule has 3 saturated heterocycles. The van der Waals surface area contributed by atoms with Gasteiger partial charge in [-0.15, -0.1) is 0 Å². The third kappa shape index (κ3) is 3.43. The molecule has 5 saturated carbocycles. The van der Waals surface area contributed by atoms with E-state index in [1.54, 1.807) is 0 Å². The molecule has 2 spiro atoms. The first-order valence-electron chi connectivity index (χ1n) is 17.0. The summed E-state index contributed by atoms with van der Waals surface area (Å²) in [6.07, 6.45) is 6.99. The minimum absolute atomic E-state index is 0.0436. The molecule has 8 aliphatic rings. The summed E-state index contributed by atoms with van der Waals surface area (Å²) in [5, 5.41) is 22.0. The van der Waals surface area contributed by atoms with E-state index < -0.39 is 18.2 Å². The number of morpholine rings is 1. The number of carboxylic acid groups (broad SMARTS) is 1. The SMILES string of the molecule is C[C@@H]1C[C@H](C(=O)O)O[C@H]2C1[C@@]1(C)CC[C@@]34CC35CC[C@H](O[C@H]3CN(C6COC6)CCO3)C(C)(C)[C@@H]5CC[C@H]4[C@]1(C)[C@H]2O. The molecule has 8 rings (SSSR count). The number of carbonyl (C=O) groups is 1. The lowest BCUT2D eigenvalue weighted by atomic mass is 9.41. The predicted octanol–water partition coefficient (Wildman–Crippen LogP) is 4.33. The summed E-state index contributed by atoms with van der Waals surface area (Å²) in [6, 6.07) is 0.515. The van der Waals surface area contributed by atoms with Crippen LogP contribution in [0.15, 0.2) is 0 Å². The zero-order valence-corrected chi connectivity index (χ0v) is 26.3. The molecule has 3 aliphatic heterocycles. The monoisotopic (exact) mass is 587 g/mol. The molecule has 236 valence electrons. The van der Waals surface area contributed by atoms with Crippen molar-refractivity contribution in [3.8, 4) is 0 Å². The molecule has 5 aliphatic carbocycles. The summed E-state index contributed by atoms with van der Waals surface area (Å²) >= 11 is 0. The fraction of sp³-hybridized carbons (Fsp3) is 0.971. The number of ether oxygens (including phenoxy) is 4. The smallest absolute Gasteiger partial charge is 0.332 e. The highest BCUT2D eigenvalue weighted by Gasteiger charge is 2.84. The average molecular weight is 588 g/mol. The molecular formula is C34H53NO7. The van der Waals surface area contributed by atoms with Crippen molar-refractivity contribution in [3.63, 3.8) is 0 Å². The van der Waals surface area contributed by atoms with Gasteiger partial charge < -0.3 is 29.2 Å². The van der Waals surface area contributed by atoms with Crippen LogP contribution in [-0.4, -0.2) is 90.7 Å². The zero-order valence-electron chi connectivity index (χ0n) is 26.3. The van der Waals surface area contributed by atoms with Crippen LogP contribution in [0.2, 0.25) is 0 Å². The van der Waals surface area contributed by atoms with Gasteiger partial charge in [-0.2, -0.15) is 0 Å². The molecule has 2 N–H and O–H groups in total. The highest BCUT2D eigenvalue weighted by molar-refractivity contribution is 5.72. The molecule has 3 heterocycles. The lowest BCUT2D eigenvalue weighted by Crippen LogP contribution is -2.60. The molecule has 0 aromatic carbocycles. The van der Waals surface area contributed by atoms with Crippen LogP contribution in [0.3, 0.4) is 0 Å². The number of aliphatic hydroxyl groups excluding tert-OH is 1. The van der Waals surface area contributed by atoms with E-state index in [4.69, 9.17) is 18.9 Å². The topological polar surface area (TPSA) is 97.7 Å². The Kier molecular flexibility index (Phi) is 6.25. The number of hydrogen-bond donors (Lipinski definition) is 2. The third-order valence-corrected chi connectivity index (χ3v) is 15.5. The van der Waals surface area contributed by atoms with E-state index in [1.165, 1.54) is 25.7 Å². The summed E-state index contributed by atoms with van der Waals surface area (Å²) < 4.78 is 24.7. The van der Waals surface area contributed by atoms with E-state index in [0.29, 0.717) is 29.7 Å². The number of rotatable bonds is 4. The van der Waals surface area contributed by atoms with E-state index in [-0.39, 0.29) is 52.0 Å². The Morgan fingerprint density at radius 3 is 2.45 bits per heavy atom. The molecule has 8 fully saturated rings. The Hall–Kier alpha value is -0.770. The van der Waals surface area contributed by atoms with Crippen LogP contribution in [0.1, 0.15) is 86.0 Å². The van der Waals surface area contributed by atoms with Crippen LogP contribution in [0.4, 0.5) is 0 Å². The van der Waals surface area contributed by atoms with E-state index in [0.717, 1.165) is 52.2 Å². The number of nitrogens with zero attached hydrogens (tertiary/aromatic N) is 1. The number of fused-ring (bicyclic) bond motifs is 4. The van der Waals surface area contributed by atoms with Crippen LogP contribution in [-0.2, 0) is 23.7 Å². The van der Waals surface area contributed by atoms with Crippen molar-refractivity contribution in [2.45, 2.75) is 123 Å². The second-order valence-corrected chi connectivity index (χ2v) is 17.0. The van der Waals surface area contributed by atoms with Gasteiger partial charge in [0.1, 0.15) is 0 Å². The predicted molar refractivity (Wildman–Crippen MR) is 155 cm³/mol. The van der Waals surface area contributed by atoms with Gasteiger partial charge in [0.25, 0.3) is 0 Å². The highest BCUT2D eigenvalue weighted by Crippen LogP contribution is 2.89. The Labute approximate surface area is 251 Å². The quantitative estimate of drug-likeness (QED) is 0.502. The Morgan fingerprint density at radius 1 is 1.00 bits per heavy atom. The minimum atomic E-state index is -0.889. The Balaban J connectivity index is 1.04. The number of carboxylic acids is 1. The lowest BCUT2D eigenvalue weighted by Gasteiger charge is -2.64. The maximum atomic E-state index is 12.2. The number of aliphatic carboxylic acids is 1. The molecule has 0 radical (unpaired) electrons. The lowest BCUT2D eigenvalue weighted by molar-refractivity contribution is -0.256. The van der Waals surface area contributed by atoms with Gasteiger partial charge in [0.2, 0.25) is 0 Å². The molecule has 8 nitrogen and oxygen atoms in total. The van der Waals surface area contributed by atoms with Crippen LogP contribution >= 0.6 is 0 Å². The molecule has 13 atom stereocenters. The molecule has 0 bridgehead atoms. The first kappa shape index (κ1) is 28.7. The van der Waals surface area contributed by atoms with Crippen molar-refractivity contribution in [1.82, 2.24) is 4.90 Å². The zero-order chi connectivity index (χ0) is 29.4. The molecular weight excluding hydrogens is 534 g/mol. The molecule has 0 aromatic rings. The maximum absolute atomic E-state index is 12.2.